The van der Waals surface area contributed by atoms with Crippen LogP contribution in [0.4, 0.5) is 0 Å². The highest BCUT2D eigenvalue weighted by atomic mass is 15.3. The summed E-state index contributed by atoms with van der Waals surface area (Å²) >= 11 is 0. The summed E-state index contributed by atoms with van der Waals surface area (Å²) in [6, 6.07) is 0.866. The smallest absolute Gasteiger partial charge is 0.0507 e. The van der Waals surface area contributed by atoms with Gasteiger partial charge in [0.2, 0.25) is 0 Å². The fourth-order valence-corrected chi connectivity index (χ4v) is 2.63. The van der Waals surface area contributed by atoms with Crippen molar-refractivity contribution in [2.45, 2.75) is 31.7 Å². The van der Waals surface area contributed by atoms with Crippen LogP contribution in [0.5, 0.6) is 0 Å². The first-order valence-electron chi connectivity index (χ1n) is 5.99. The topological polar surface area (TPSA) is 18.5 Å². The minimum atomic E-state index is 0.866. The molecule has 0 aromatic heterocycles. The zero-order chi connectivity index (χ0) is 9.80. The molecule has 1 aliphatic heterocycles. The normalized spacial score (nSPS) is 26.1. The van der Waals surface area contributed by atoms with E-state index in [4.69, 9.17) is 0 Å². The number of rotatable bonds is 3. The lowest BCUT2D eigenvalue weighted by Gasteiger charge is -2.34. The third-order valence-electron chi connectivity index (χ3n) is 3.58. The van der Waals surface area contributed by atoms with Crippen LogP contribution in [0, 0.1) is 0 Å². The molecular weight excluding hydrogens is 174 g/mol. The summed E-state index contributed by atoms with van der Waals surface area (Å²) in [5, 5.41) is 3.40. The molecule has 0 bridgehead atoms. The number of hydrogen-bond donors (Lipinski definition) is 1. The SMILES string of the molecule is CN(CN1CCNCC1)C1CCCC1. The average Bonchev–Trinajstić information content (AvgIpc) is 2.72. The Hall–Kier alpha value is -0.120. The molecule has 3 heteroatoms. The Labute approximate surface area is 87.4 Å². The van der Waals surface area contributed by atoms with Crippen molar-refractivity contribution in [1.29, 1.82) is 0 Å². The van der Waals surface area contributed by atoms with E-state index in [2.05, 4.69) is 22.2 Å². The summed E-state index contributed by atoms with van der Waals surface area (Å²) < 4.78 is 0. The zero-order valence-corrected chi connectivity index (χ0v) is 9.34. The van der Waals surface area contributed by atoms with Gasteiger partial charge in [-0.25, -0.2) is 0 Å². The molecule has 2 aliphatic rings. The Balaban J connectivity index is 1.72. The van der Waals surface area contributed by atoms with Gasteiger partial charge >= 0.3 is 0 Å². The lowest BCUT2D eigenvalue weighted by atomic mass is 10.2. The van der Waals surface area contributed by atoms with Crippen LogP contribution in [0.2, 0.25) is 0 Å². The van der Waals surface area contributed by atoms with Crippen LogP contribution < -0.4 is 5.32 Å². The first-order valence-corrected chi connectivity index (χ1v) is 5.99. The molecule has 1 N–H and O–H groups in total. The summed E-state index contributed by atoms with van der Waals surface area (Å²) in [5.74, 6) is 0. The van der Waals surface area contributed by atoms with Gasteiger partial charge in [-0.05, 0) is 19.9 Å². The zero-order valence-electron chi connectivity index (χ0n) is 9.34. The molecule has 82 valence electrons. The van der Waals surface area contributed by atoms with Crippen LogP contribution >= 0.6 is 0 Å². The van der Waals surface area contributed by atoms with Crippen molar-refractivity contribution in [2.75, 3.05) is 39.9 Å². The molecule has 3 nitrogen and oxygen atoms in total. The molecule has 0 atom stereocenters. The second kappa shape index (κ2) is 5.10. The van der Waals surface area contributed by atoms with Crippen molar-refractivity contribution >= 4 is 0 Å². The van der Waals surface area contributed by atoms with Crippen LogP contribution in [0.25, 0.3) is 0 Å². The van der Waals surface area contributed by atoms with E-state index in [-0.39, 0.29) is 0 Å². The molecule has 1 heterocycles. The van der Waals surface area contributed by atoms with E-state index in [0.717, 1.165) is 6.04 Å². The highest BCUT2D eigenvalue weighted by molar-refractivity contribution is 4.76. The van der Waals surface area contributed by atoms with Crippen molar-refractivity contribution in [1.82, 2.24) is 15.1 Å². The minimum absolute atomic E-state index is 0.866. The van der Waals surface area contributed by atoms with Gasteiger partial charge in [-0.2, -0.15) is 0 Å². The third-order valence-corrected chi connectivity index (χ3v) is 3.58. The third kappa shape index (κ3) is 2.69. The van der Waals surface area contributed by atoms with E-state index >= 15 is 0 Å². The second-order valence-corrected chi connectivity index (χ2v) is 4.70. The molecular formula is C11H23N3. The maximum absolute atomic E-state index is 3.40. The van der Waals surface area contributed by atoms with Gasteiger partial charge in [-0.15, -0.1) is 0 Å². The Bertz CT molecular complexity index is 160. The van der Waals surface area contributed by atoms with Crippen LogP contribution in [-0.4, -0.2) is 55.7 Å². The van der Waals surface area contributed by atoms with Crippen LogP contribution in [0.15, 0.2) is 0 Å². The van der Waals surface area contributed by atoms with Crippen LogP contribution in [0.3, 0.4) is 0 Å². The quantitative estimate of drug-likeness (QED) is 0.719. The van der Waals surface area contributed by atoms with E-state index in [1.54, 1.807) is 0 Å². The molecule has 2 rings (SSSR count). The van der Waals surface area contributed by atoms with Gasteiger partial charge in [-0.1, -0.05) is 12.8 Å². The summed E-state index contributed by atoms with van der Waals surface area (Å²) in [4.78, 5) is 5.12. The van der Waals surface area contributed by atoms with Crippen LogP contribution in [-0.2, 0) is 0 Å². The molecule has 2 fully saturated rings. The Kier molecular flexibility index (Phi) is 3.79. The molecule has 0 spiro atoms. The fraction of sp³-hybridized carbons (Fsp3) is 1.00. The first kappa shape index (κ1) is 10.4. The minimum Gasteiger partial charge on any atom is -0.314 e. The molecule has 0 unspecified atom stereocenters. The van der Waals surface area contributed by atoms with E-state index in [0.29, 0.717) is 0 Å². The monoisotopic (exact) mass is 197 g/mol. The van der Waals surface area contributed by atoms with E-state index in [1.807, 2.05) is 0 Å². The van der Waals surface area contributed by atoms with Crippen molar-refractivity contribution in [3.8, 4) is 0 Å². The average molecular weight is 197 g/mol. The molecule has 1 saturated carbocycles. The molecule has 0 amide bonds. The molecule has 1 saturated heterocycles. The Morgan fingerprint density at radius 2 is 1.86 bits per heavy atom. The largest absolute Gasteiger partial charge is 0.314 e. The molecule has 0 aromatic rings. The maximum atomic E-state index is 3.40. The fourth-order valence-electron chi connectivity index (χ4n) is 2.63. The number of piperazine rings is 1. The summed E-state index contributed by atoms with van der Waals surface area (Å²) in [6.07, 6.45) is 5.72. The van der Waals surface area contributed by atoms with E-state index in [1.165, 1.54) is 58.5 Å². The van der Waals surface area contributed by atoms with Crippen LogP contribution in [0.1, 0.15) is 25.7 Å². The number of nitrogens with one attached hydrogen (secondary N) is 1. The predicted molar refractivity (Wildman–Crippen MR) is 59.3 cm³/mol. The highest BCUT2D eigenvalue weighted by Crippen LogP contribution is 2.22. The summed E-state index contributed by atoms with van der Waals surface area (Å²) in [7, 11) is 2.29. The first-order chi connectivity index (χ1) is 6.86. The standard InChI is InChI=1S/C11H23N3/c1-13(11-4-2-3-5-11)10-14-8-6-12-7-9-14/h11-12H,2-10H2,1H3. The van der Waals surface area contributed by atoms with Gasteiger partial charge in [0.25, 0.3) is 0 Å². The number of hydrogen-bond acceptors (Lipinski definition) is 3. The van der Waals surface area contributed by atoms with E-state index < -0.39 is 0 Å². The molecule has 1 aliphatic carbocycles. The maximum Gasteiger partial charge on any atom is 0.0507 e. The van der Waals surface area contributed by atoms with Gasteiger partial charge in [0.1, 0.15) is 0 Å². The second-order valence-electron chi connectivity index (χ2n) is 4.70. The van der Waals surface area contributed by atoms with Crippen molar-refractivity contribution in [2.24, 2.45) is 0 Å². The van der Waals surface area contributed by atoms with E-state index in [9.17, 15) is 0 Å². The predicted octanol–water partition coefficient (Wildman–Crippen LogP) is 0.723. The molecule has 14 heavy (non-hydrogen) atoms. The highest BCUT2D eigenvalue weighted by Gasteiger charge is 2.21. The van der Waals surface area contributed by atoms with Gasteiger partial charge in [0.15, 0.2) is 0 Å². The Morgan fingerprint density at radius 3 is 2.50 bits per heavy atom. The summed E-state index contributed by atoms with van der Waals surface area (Å²) in [5.41, 5.74) is 0. The number of nitrogens with zero attached hydrogens (tertiary/aromatic N) is 2. The van der Waals surface area contributed by atoms with Crippen molar-refractivity contribution in [3.63, 3.8) is 0 Å². The van der Waals surface area contributed by atoms with Gasteiger partial charge in [-0.3, -0.25) is 9.80 Å². The Morgan fingerprint density at radius 1 is 1.21 bits per heavy atom. The summed E-state index contributed by atoms with van der Waals surface area (Å²) in [6.45, 7) is 5.94. The van der Waals surface area contributed by atoms with Gasteiger partial charge in [0, 0.05) is 32.2 Å². The lowest BCUT2D eigenvalue weighted by molar-refractivity contribution is 0.108. The lowest BCUT2D eigenvalue weighted by Crippen LogP contribution is -2.49. The van der Waals surface area contributed by atoms with Crippen molar-refractivity contribution in [3.05, 3.63) is 0 Å². The van der Waals surface area contributed by atoms with Crippen molar-refractivity contribution < 1.29 is 0 Å². The molecule has 0 aromatic carbocycles. The van der Waals surface area contributed by atoms with Gasteiger partial charge < -0.3 is 5.32 Å². The molecule has 0 radical (unpaired) electrons. The van der Waals surface area contributed by atoms with Gasteiger partial charge in [0.05, 0.1) is 6.67 Å².